The number of aryl methyl sites for hydroxylation is 1. The summed E-state index contributed by atoms with van der Waals surface area (Å²) >= 11 is 0. The molecule has 0 bridgehead atoms. The van der Waals surface area contributed by atoms with Gasteiger partial charge in [-0.1, -0.05) is 30.5 Å². The molecule has 0 atom stereocenters. The normalized spacial score (nSPS) is 24.0. The van der Waals surface area contributed by atoms with Gasteiger partial charge < -0.3 is 9.64 Å². The number of piperidine rings is 1. The fraction of sp³-hybridized carbons (Fsp3) is 0.650. The van der Waals surface area contributed by atoms with Crippen LogP contribution in [0, 0.1) is 12.8 Å². The summed E-state index contributed by atoms with van der Waals surface area (Å²) in [4.78, 5) is 14.9. The van der Waals surface area contributed by atoms with Crippen molar-refractivity contribution in [3.63, 3.8) is 0 Å². The number of hydrogen-bond acceptors (Lipinski definition) is 4. The molecule has 1 aliphatic carbocycles. The first-order valence-electron chi connectivity index (χ1n) is 9.95. The number of amides is 1. The standard InChI is InChI=1S/C20H28N2O4S/c1-16-6-8-18(9-7-16)27(24,25)22-14-15-26-20(22)10-12-21(13-11-20)19(23)17-4-2-3-5-17/h6-9,17H,2-5,10-15H2,1H3. The molecule has 27 heavy (non-hydrogen) atoms. The Morgan fingerprint density at radius 2 is 1.70 bits per heavy atom. The molecule has 1 spiro atoms. The molecule has 1 aromatic carbocycles. The van der Waals surface area contributed by atoms with Crippen LogP contribution < -0.4 is 0 Å². The molecule has 0 N–H and O–H groups in total. The predicted octanol–water partition coefficient (Wildman–Crippen LogP) is 2.52. The third-order valence-electron chi connectivity index (χ3n) is 6.29. The molecule has 2 aliphatic heterocycles. The zero-order chi connectivity index (χ0) is 19.1. The largest absolute Gasteiger partial charge is 0.358 e. The molecule has 0 radical (unpaired) electrons. The number of rotatable bonds is 3. The molecule has 1 amide bonds. The Kier molecular flexibility index (Phi) is 5.03. The van der Waals surface area contributed by atoms with Crippen molar-refractivity contribution in [1.82, 2.24) is 9.21 Å². The summed E-state index contributed by atoms with van der Waals surface area (Å²) in [6.45, 7) is 3.84. The summed E-state index contributed by atoms with van der Waals surface area (Å²) < 4.78 is 33.9. The first-order valence-corrected chi connectivity index (χ1v) is 11.4. The number of nitrogens with zero attached hydrogens (tertiary/aromatic N) is 2. The summed E-state index contributed by atoms with van der Waals surface area (Å²) in [5.74, 6) is 0.407. The lowest BCUT2D eigenvalue weighted by Crippen LogP contribution is -2.56. The molecule has 2 saturated heterocycles. The Morgan fingerprint density at radius 1 is 1.07 bits per heavy atom. The minimum Gasteiger partial charge on any atom is -0.358 e. The van der Waals surface area contributed by atoms with Gasteiger partial charge in [0, 0.05) is 38.4 Å². The van der Waals surface area contributed by atoms with Crippen LogP contribution in [-0.2, 0) is 19.6 Å². The zero-order valence-corrected chi connectivity index (χ0v) is 16.7. The van der Waals surface area contributed by atoms with E-state index < -0.39 is 15.7 Å². The fourth-order valence-electron chi connectivity index (χ4n) is 4.67. The van der Waals surface area contributed by atoms with Crippen molar-refractivity contribution in [3.05, 3.63) is 29.8 Å². The second kappa shape index (κ2) is 7.18. The number of benzene rings is 1. The molecule has 1 saturated carbocycles. The number of hydrogen-bond donors (Lipinski definition) is 0. The summed E-state index contributed by atoms with van der Waals surface area (Å²) in [6.07, 6.45) is 5.34. The van der Waals surface area contributed by atoms with Crippen molar-refractivity contribution in [2.75, 3.05) is 26.2 Å². The molecule has 0 aromatic heterocycles. The van der Waals surface area contributed by atoms with E-state index >= 15 is 0 Å². The molecule has 148 valence electrons. The van der Waals surface area contributed by atoms with Crippen LogP contribution in [0.1, 0.15) is 44.1 Å². The average molecular weight is 393 g/mol. The van der Waals surface area contributed by atoms with Crippen LogP contribution in [-0.4, -0.2) is 55.5 Å². The quantitative estimate of drug-likeness (QED) is 0.793. The molecule has 6 nitrogen and oxygen atoms in total. The highest BCUT2D eigenvalue weighted by Crippen LogP contribution is 2.39. The Labute approximate surface area is 161 Å². The topological polar surface area (TPSA) is 66.9 Å². The lowest BCUT2D eigenvalue weighted by Gasteiger charge is -2.43. The Hall–Kier alpha value is -1.44. The summed E-state index contributed by atoms with van der Waals surface area (Å²) in [5, 5.41) is 0. The number of carbonyl (C=O) groups excluding carboxylic acids is 1. The Balaban J connectivity index is 1.50. The van der Waals surface area contributed by atoms with E-state index in [9.17, 15) is 13.2 Å². The summed E-state index contributed by atoms with van der Waals surface area (Å²) in [7, 11) is -3.61. The summed E-state index contributed by atoms with van der Waals surface area (Å²) in [6, 6.07) is 6.96. The van der Waals surface area contributed by atoms with E-state index in [1.54, 1.807) is 12.1 Å². The number of ether oxygens (including phenoxy) is 1. The van der Waals surface area contributed by atoms with Gasteiger partial charge >= 0.3 is 0 Å². The van der Waals surface area contributed by atoms with Crippen LogP contribution in [0.4, 0.5) is 0 Å². The zero-order valence-electron chi connectivity index (χ0n) is 15.9. The lowest BCUT2D eigenvalue weighted by molar-refractivity contribution is -0.143. The monoisotopic (exact) mass is 392 g/mol. The van der Waals surface area contributed by atoms with E-state index in [1.807, 2.05) is 24.0 Å². The van der Waals surface area contributed by atoms with E-state index in [4.69, 9.17) is 4.74 Å². The second-order valence-electron chi connectivity index (χ2n) is 7.99. The van der Waals surface area contributed by atoms with Gasteiger partial charge in [0.05, 0.1) is 11.5 Å². The number of sulfonamides is 1. The highest BCUT2D eigenvalue weighted by molar-refractivity contribution is 7.89. The van der Waals surface area contributed by atoms with Crippen molar-refractivity contribution >= 4 is 15.9 Å². The van der Waals surface area contributed by atoms with E-state index in [1.165, 1.54) is 4.31 Å². The van der Waals surface area contributed by atoms with Crippen LogP contribution >= 0.6 is 0 Å². The lowest BCUT2D eigenvalue weighted by atomic mass is 9.98. The van der Waals surface area contributed by atoms with E-state index in [2.05, 4.69) is 0 Å². The van der Waals surface area contributed by atoms with Crippen LogP contribution in [0.5, 0.6) is 0 Å². The van der Waals surface area contributed by atoms with Crippen molar-refractivity contribution in [2.24, 2.45) is 5.92 Å². The maximum Gasteiger partial charge on any atom is 0.245 e. The van der Waals surface area contributed by atoms with Crippen LogP contribution in [0.25, 0.3) is 0 Å². The van der Waals surface area contributed by atoms with Crippen LogP contribution in [0.2, 0.25) is 0 Å². The van der Waals surface area contributed by atoms with Crippen LogP contribution in [0.15, 0.2) is 29.2 Å². The fourth-order valence-corrected chi connectivity index (χ4v) is 6.39. The third-order valence-corrected chi connectivity index (χ3v) is 8.25. The average Bonchev–Trinajstić information content (AvgIpc) is 3.33. The molecule has 3 aliphatic rings. The van der Waals surface area contributed by atoms with Gasteiger partial charge in [0.25, 0.3) is 0 Å². The molecule has 2 heterocycles. The Bertz CT molecular complexity index is 792. The van der Waals surface area contributed by atoms with E-state index in [0.717, 1.165) is 31.2 Å². The van der Waals surface area contributed by atoms with Gasteiger partial charge in [-0.05, 0) is 31.9 Å². The highest BCUT2D eigenvalue weighted by atomic mass is 32.2. The maximum absolute atomic E-state index is 13.2. The van der Waals surface area contributed by atoms with Gasteiger partial charge in [0.2, 0.25) is 15.9 Å². The molecule has 1 aromatic rings. The first-order chi connectivity index (χ1) is 12.9. The van der Waals surface area contributed by atoms with E-state index in [0.29, 0.717) is 44.0 Å². The van der Waals surface area contributed by atoms with Gasteiger partial charge in [-0.2, -0.15) is 4.31 Å². The Morgan fingerprint density at radius 3 is 2.33 bits per heavy atom. The first kappa shape index (κ1) is 18.9. The van der Waals surface area contributed by atoms with Gasteiger partial charge in [-0.25, -0.2) is 8.42 Å². The molecule has 0 unspecified atom stereocenters. The molecular formula is C20H28N2O4S. The van der Waals surface area contributed by atoms with Crippen LogP contribution in [0.3, 0.4) is 0 Å². The second-order valence-corrected chi connectivity index (χ2v) is 9.85. The predicted molar refractivity (Wildman–Crippen MR) is 102 cm³/mol. The number of carbonyl (C=O) groups is 1. The van der Waals surface area contributed by atoms with Crippen molar-refractivity contribution in [1.29, 1.82) is 0 Å². The van der Waals surface area contributed by atoms with Gasteiger partial charge in [0.1, 0.15) is 5.72 Å². The van der Waals surface area contributed by atoms with Gasteiger partial charge in [0.15, 0.2) is 0 Å². The van der Waals surface area contributed by atoms with Crippen molar-refractivity contribution < 1.29 is 17.9 Å². The molecule has 3 fully saturated rings. The highest BCUT2D eigenvalue weighted by Gasteiger charge is 2.51. The third kappa shape index (κ3) is 3.41. The maximum atomic E-state index is 13.2. The van der Waals surface area contributed by atoms with Crippen molar-refractivity contribution in [2.45, 2.75) is 56.1 Å². The SMILES string of the molecule is Cc1ccc(S(=O)(=O)N2CCOC23CCN(C(=O)C2CCCC2)CC3)cc1. The van der Waals surface area contributed by atoms with E-state index in [-0.39, 0.29) is 11.8 Å². The van der Waals surface area contributed by atoms with Crippen molar-refractivity contribution in [3.8, 4) is 0 Å². The number of likely N-dealkylation sites (tertiary alicyclic amines) is 1. The van der Waals surface area contributed by atoms with Gasteiger partial charge in [-0.15, -0.1) is 0 Å². The minimum absolute atomic E-state index is 0.163. The smallest absolute Gasteiger partial charge is 0.245 e. The molecule has 4 rings (SSSR count). The van der Waals surface area contributed by atoms with Gasteiger partial charge in [-0.3, -0.25) is 4.79 Å². The summed E-state index contributed by atoms with van der Waals surface area (Å²) in [5.41, 5.74) is 0.218. The molecular weight excluding hydrogens is 364 g/mol. The minimum atomic E-state index is -3.61. The molecule has 7 heteroatoms.